The van der Waals surface area contributed by atoms with Crippen LogP contribution in [-0.2, 0) is 4.74 Å². The summed E-state index contributed by atoms with van der Waals surface area (Å²) in [5.74, 6) is -0.0207. The Hall–Kier alpha value is -2.74. The Labute approximate surface area is 188 Å². The fourth-order valence-corrected chi connectivity index (χ4v) is 3.93. The number of carbonyl (C=O) groups excluding carboxylic acids is 1. The Balaban J connectivity index is 1.80. The first-order valence-corrected chi connectivity index (χ1v) is 10.8. The molecule has 1 aromatic carbocycles. The summed E-state index contributed by atoms with van der Waals surface area (Å²) < 4.78 is 25.1. The number of nitrogens with zero attached hydrogens (tertiary/aromatic N) is 3. The number of piperidine rings is 1. The van der Waals surface area contributed by atoms with Gasteiger partial charge in [-0.05, 0) is 76.8 Å². The normalized spacial score (nSPS) is 17.8. The summed E-state index contributed by atoms with van der Waals surface area (Å²) in [5.41, 5.74) is 2.09. The lowest BCUT2D eigenvalue weighted by atomic mass is 9.90. The van der Waals surface area contributed by atoms with Crippen molar-refractivity contribution in [1.29, 1.82) is 0 Å². The van der Waals surface area contributed by atoms with E-state index in [0.29, 0.717) is 41.4 Å². The Morgan fingerprint density at radius 3 is 2.56 bits per heavy atom. The van der Waals surface area contributed by atoms with Gasteiger partial charge in [0.15, 0.2) is 0 Å². The molecular weight excluding hydrogens is 413 g/mol. The van der Waals surface area contributed by atoms with Crippen molar-refractivity contribution in [3.8, 4) is 17.0 Å². The average Bonchev–Trinajstić information content (AvgIpc) is 2.73. The molecule has 8 heteroatoms. The second-order valence-electron chi connectivity index (χ2n) is 9.38. The third kappa shape index (κ3) is 5.35. The van der Waals surface area contributed by atoms with Crippen LogP contribution in [0.3, 0.4) is 0 Å². The van der Waals surface area contributed by atoms with Gasteiger partial charge in [0.2, 0.25) is 0 Å². The molecule has 1 unspecified atom stereocenters. The van der Waals surface area contributed by atoms with Crippen molar-refractivity contribution in [2.24, 2.45) is 5.92 Å². The van der Waals surface area contributed by atoms with E-state index in [4.69, 9.17) is 9.47 Å². The van der Waals surface area contributed by atoms with Crippen molar-refractivity contribution < 1.29 is 23.8 Å². The maximum atomic E-state index is 14.2. The van der Waals surface area contributed by atoms with E-state index in [-0.39, 0.29) is 17.8 Å². The number of amides is 1. The van der Waals surface area contributed by atoms with E-state index in [0.717, 1.165) is 18.4 Å². The van der Waals surface area contributed by atoms with Crippen LogP contribution in [0.15, 0.2) is 18.2 Å². The van der Waals surface area contributed by atoms with Gasteiger partial charge in [-0.25, -0.2) is 9.18 Å². The number of ether oxygens (including phenoxy) is 2. The van der Waals surface area contributed by atoms with Crippen LogP contribution >= 0.6 is 0 Å². The minimum absolute atomic E-state index is 0.179. The zero-order valence-corrected chi connectivity index (χ0v) is 19.6. The molecule has 1 aromatic heterocycles. The molecule has 1 aliphatic rings. The molecule has 0 bridgehead atoms. The first-order chi connectivity index (χ1) is 15.0. The number of likely N-dealkylation sites (tertiary alicyclic amines) is 1. The predicted octanol–water partition coefficient (Wildman–Crippen LogP) is 4.59. The molecule has 2 atom stereocenters. The summed E-state index contributed by atoms with van der Waals surface area (Å²) in [7, 11) is 1.52. The van der Waals surface area contributed by atoms with Gasteiger partial charge in [-0.2, -0.15) is 5.10 Å². The van der Waals surface area contributed by atoms with Gasteiger partial charge < -0.3 is 19.5 Å². The number of aliphatic hydroxyl groups is 1. The second-order valence-corrected chi connectivity index (χ2v) is 9.38. The molecule has 1 amide bonds. The standard InChI is InChI=1S/C24H32FN3O4/c1-14-11-20(31-6)17(12-18(14)25)21-15(2)10-19(26-27-21)22(29)16-8-7-9-28(13-16)23(30)32-24(3,4)5/h10-12,16,22,29H,7-9,13H2,1-6H3/t16-,22?/m1/s1. The summed E-state index contributed by atoms with van der Waals surface area (Å²) in [6, 6.07) is 4.78. The minimum atomic E-state index is -0.878. The number of methoxy groups -OCH3 is 1. The predicted molar refractivity (Wildman–Crippen MR) is 119 cm³/mol. The molecule has 0 spiro atoms. The molecule has 2 heterocycles. The highest BCUT2D eigenvalue weighted by Crippen LogP contribution is 2.35. The zero-order chi connectivity index (χ0) is 23.6. The van der Waals surface area contributed by atoms with Crippen LogP contribution in [-0.4, -0.2) is 52.1 Å². The van der Waals surface area contributed by atoms with Crippen molar-refractivity contribution in [1.82, 2.24) is 15.1 Å². The van der Waals surface area contributed by atoms with E-state index in [2.05, 4.69) is 10.2 Å². The molecule has 3 rings (SSSR count). The van der Waals surface area contributed by atoms with Crippen LogP contribution in [0.2, 0.25) is 0 Å². The van der Waals surface area contributed by atoms with E-state index in [1.165, 1.54) is 13.2 Å². The lowest BCUT2D eigenvalue weighted by Gasteiger charge is -2.35. The fourth-order valence-electron chi connectivity index (χ4n) is 3.93. The van der Waals surface area contributed by atoms with E-state index < -0.39 is 11.7 Å². The van der Waals surface area contributed by atoms with Gasteiger partial charge in [-0.3, -0.25) is 0 Å². The maximum Gasteiger partial charge on any atom is 0.410 e. The Morgan fingerprint density at radius 1 is 1.22 bits per heavy atom. The second kappa shape index (κ2) is 9.40. The zero-order valence-electron chi connectivity index (χ0n) is 19.6. The minimum Gasteiger partial charge on any atom is -0.496 e. The van der Waals surface area contributed by atoms with Gasteiger partial charge in [-0.15, -0.1) is 5.10 Å². The quantitative estimate of drug-likeness (QED) is 0.741. The van der Waals surface area contributed by atoms with Crippen LogP contribution in [0.4, 0.5) is 9.18 Å². The molecule has 0 radical (unpaired) electrons. The molecule has 1 N–H and O–H groups in total. The largest absolute Gasteiger partial charge is 0.496 e. The van der Waals surface area contributed by atoms with Crippen LogP contribution < -0.4 is 4.74 Å². The van der Waals surface area contributed by atoms with Gasteiger partial charge in [0.1, 0.15) is 23.3 Å². The fraction of sp³-hybridized carbons (Fsp3) is 0.542. The van der Waals surface area contributed by atoms with E-state index in [9.17, 15) is 14.3 Å². The van der Waals surface area contributed by atoms with Crippen LogP contribution in [0, 0.1) is 25.6 Å². The third-order valence-electron chi connectivity index (χ3n) is 5.60. The van der Waals surface area contributed by atoms with E-state index >= 15 is 0 Å². The summed E-state index contributed by atoms with van der Waals surface area (Å²) in [6.45, 7) is 9.98. The topological polar surface area (TPSA) is 84.8 Å². The van der Waals surface area contributed by atoms with Gasteiger partial charge in [0, 0.05) is 24.6 Å². The van der Waals surface area contributed by atoms with E-state index in [1.54, 1.807) is 24.0 Å². The summed E-state index contributed by atoms with van der Waals surface area (Å²) >= 11 is 0. The van der Waals surface area contributed by atoms with Gasteiger partial charge in [0.25, 0.3) is 0 Å². The van der Waals surface area contributed by atoms with Gasteiger partial charge >= 0.3 is 6.09 Å². The molecule has 0 saturated carbocycles. The summed E-state index contributed by atoms with van der Waals surface area (Å²) in [4.78, 5) is 14.1. The molecule has 0 aliphatic carbocycles. The molecule has 174 valence electrons. The molecule has 1 aliphatic heterocycles. The number of aromatic nitrogens is 2. The Bertz CT molecular complexity index is 990. The monoisotopic (exact) mass is 445 g/mol. The summed E-state index contributed by atoms with van der Waals surface area (Å²) in [6.07, 6.45) is 0.281. The van der Waals surface area contributed by atoms with E-state index in [1.807, 2.05) is 27.7 Å². The molecular formula is C24H32FN3O4. The molecule has 7 nitrogen and oxygen atoms in total. The Kier molecular flexibility index (Phi) is 7.03. The number of hydrogen-bond donors (Lipinski definition) is 1. The SMILES string of the molecule is COc1cc(C)c(F)cc1-c1nnc(C(O)[C@@H]2CCCN(C(=O)OC(C)(C)C)C2)cc1C. The molecule has 32 heavy (non-hydrogen) atoms. The van der Waals surface area contributed by atoms with Crippen molar-refractivity contribution >= 4 is 6.09 Å². The highest BCUT2D eigenvalue weighted by atomic mass is 19.1. The maximum absolute atomic E-state index is 14.2. The first kappa shape index (κ1) is 23.9. The van der Waals surface area contributed by atoms with Crippen molar-refractivity contribution in [2.45, 2.75) is 59.2 Å². The van der Waals surface area contributed by atoms with Crippen LogP contribution in [0.5, 0.6) is 5.75 Å². The molecule has 1 saturated heterocycles. The van der Waals surface area contributed by atoms with Crippen LogP contribution in [0.1, 0.15) is 56.5 Å². The van der Waals surface area contributed by atoms with Crippen molar-refractivity contribution in [3.05, 3.63) is 40.8 Å². The number of carbonyl (C=O) groups is 1. The average molecular weight is 446 g/mol. The van der Waals surface area contributed by atoms with Crippen molar-refractivity contribution in [2.75, 3.05) is 20.2 Å². The number of aryl methyl sites for hydroxylation is 2. The highest BCUT2D eigenvalue weighted by molar-refractivity contribution is 5.70. The first-order valence-electron chi connectivity index (χ1n) is 10.8. The molecule has 2 aromatic rings. The number of benzene rings is 1. The smallest absolute Gasteiger partial charge is 0.410 e. The number of halogens is 1. The summed E-state index contributed by atoms with van der Waals surface area (Å²) in [5, 5.41) is 19.5. The number of hydrogen-bond acceptors (Lipinski definition) is 6. The van der Waals surface area contributed by atoms with Gasteiger partial charge in [-0.1, -0.05) is 0 Å². The highest BCUT2D eigenvalue weighted by Gasteiger charge is 2.32. The Morgan fingerprint density at radius 2 is 1.94 bits per heavy atom. The number of aliphatic hydroxyl groups excluding tert-OH is 1. The third-order valence-corrected chi connectivity index (χ3v) is 5.60. The lowest BCUT2D eigenvalue weighted by molar-refractivity contribution is 0.00159. The van der Waals surface area contributed by atoms with Crippen LogP contribution in [0.25, 0.3) is 11.3 Å². The molecule has 1 fully saturated rings. The number of rotatable bonds is 4. The van der Waals surface area contributed by atoms with Crippen molar-refractivity contribution in [3.63, 3.8) is 0 Å². The van der Waals surface area contributed by atoms with Gasteiger partial charge in [0.05, 0.1) is 18.5 Å². The lowest BCUT2D eigenvalue weighted by Crippen LogP contribution is -2.44.